The van der Waals surface area contributed by atoms with E-state index < -0.39 is 11.5 Å². The number of hydrogen-bond donors (Lipinski definition) is 1. The van der Waals surface area contributed by atoms with Crippen molar-refractivity contribution in [2.75, 3.05) is 11.9 Å². The standard InChI is InChI=1S/C24H20BrN3O4S/c1-4-32-24(31)20-18-12-33-22(26-21(29)15-10-13(2)9-14(3)11-15)19(18)23(30)28(27-20)17-7-5-16(25)6-8-17/h5-12H,4H2,1-3H3,(H,26,29). The predicted molar refractivity (Wildman–Crippen MR) is 133 cm³/mol. The molecule has 7 nitrogen and oxygen atoms in total. The predicted octanol–water partition coefficient (Wildman–Crippen LogP) is 5.26. The van der Waals surface area contributed by atoms with Crippen LogP contribution in [0.3, 0.4) is 0 Å². The Balaban J connectivity index is 1.88. The number of amides is 1. The highest BCUT2D eigenvalue weighted by atomic mass is 79.9. The van der Waals surface area contributed by atoms with E-state index in [1.165, 1.54) is 0 Å². The van der Waals surface area contributed by atoms with Gasteiger partial charge in [-0.3, -0.25) is 9.59 Å². The number of esters is 1. The molecule has 0 aliphatic heterocycles. The summed E-state index contributed by atoms with van der Waals surface area (Å²) in [6, 6.07) is 12.5. The van der Waals surface area contributed by atoms with Crippen molar-refractivity contribution in [3.8, 4) is 5.69 Å². The number of nitrogens with zero attached hydrogens (tertiary/aromatic N) is 2. The van der Waals surface area contributed by atoms with Crippen molar-refractivity contribution in [3.05, 3.63) is 85.1 Å². The fraction of sp³-hybridized carbons (Fsp3) is 0.167. The molecule has 0 radical (unpaired) electrons. The average Bonchev–Trinajstić information content (AvgIpc) is 3.18. The molecule has 0 bridgehead atoms. The van der Waals surface area contributed by atoms with E-state index in [9.17, 15) is 14.4 Å². The van der Waals surface area contributed by atoms with Crippen LogP contribution in [-0.2, 0) is 4.74 Å². The number of aryl methyl sites for hydroxylation is 2. The molecular weight excluding hydrogens is 506 g/mol. The fourth-order valence-electron chi connectivity index (χ4n) is 3.53. The molecule has 2 aromatic heterocycles. The number of anilines is 1. The summed E-state index contributed by atoms with van der Waals surface area (Å²) in [5, 5.41) is 9.67. The molecule has 0 saturated heterocycles. The highest BCUT2D eigenvalue weighted by Crippen LogP contribution is 2.31. The molecule has 1 N–H and O–H groups in total. The Hall–Kier alpha value is -3.30. The van der Waals surface area contributed by atoms with Gasteiger partial charge in [-0.1, -0.05) is 33.1 Å². The number of hydrogen-bond acceptors (Lipinski definition) is 6. The third kappa shape index (κ3) is 4.60. The molecule has 1 amide bonds. The molecule has 2 aromatic carbocycles. The van der Waals surface area contributed by atoms with Crippen LogP contribution in [0.25, 0.3) is 16.5 Å². The summed E-state index contributed by atoms with van der Waals surface area (Å²) in [7, 11) is 0. The molecule has 0 saturated carbocycles. The normalized spacial score (nSPS) is 10.9. The van der Waals surface area contributed by atoms with Crippen molar-refractivity contribution >= 4 is 54.9 Å². The minimum absolute atomic E-state index is 0.0116. The van der Waals surface area contributed by atoms with Crippen LogP contribution in [0.5, 0.6) is 0 Å². The summed E-state index contributed by atoms with van der Waals surface area (Å²) in [4.78, 5) is 39.1. The van der Waals surface area contributed by atoms with Gasteiger partial charge in [0.1, 0.15) is 5.00 Å². The number of rotatable bonds is 5. The number of thiophene rings is 1. The van der Waals surface area contributed by atoms with E-state index in [1.807, 2.05) is 19.9 Å². The topological polar surface area (TPSA) is 90.3 Å². The Morgan fingerprint density at radius 2 is 1.79 bits per heavy atom. The lowest BCUT2D eigenvalue weighted by Crippen LogP contribution is -2.25. The summed E-state index contributed by atoms with van der Waals surface area (Å²) in [5.74, 6) is -0.979. The van der Waals surface area contributed by atoms with Crippen LogP contribution in [0.15, 0.2) is 57.1 Å². The lowest BCUT2D eigenvalue weighted by Gasteiger charge is -2.10. The van der Waals surface area contributed by atoms with Gasteiger partial charge in [-0.2, -0.15) is 9.78 Å². The molecule has 0 atom stereocenters. The summed E-state index contributed by atoms with van der Waals surface area (Å²) >= 11 is 4.54. The van der Waals surface area contributed by atoms with E-state index in [1.54, 1.807) is 48.7 Å². The van der Waals surface area contributed by atoms with Crippen molar-refractivity contribution in [1.82, 2.24) is 9.78 Å². The van der Waals surface area contributed by atoms with Gasteiger partial charge in [-0.15, -0.1) is 11.3 Å². The molecule has 168 valence electrons. The van der Waals surface area contributed by atoms with Gasteiger partial charge in [-0.25, -0.2) is 4.79 Å². The Labute approximate surface area is 202 Å². The molecule has 0 aliphatic carbocycles. The number of ether oxygens (including phenoxy) is 1. The quantitative estimate of drug-likeness (QED) is 0.359. The molecule has 4 aromatic rings. The molecule has 0 unspecified atom stereocenters. The van der Waals surface area contributed by atoms with E-state index in [0.717, 1.165) is 31.6 Å². The molecule has 4 rings (SSSR count). The number of fused-ring (bicyclic) bond motifs is 1. The number of nitrogens with one attached hydrogen (secondary N) is 1. The Bertz CT molecular complexity index is 1420. The maximum absolute atomic E-state index is 13.4. The molecule has 0 spiro atoms. The van der Waals surface area contributed by atoms with E-state index in [-0.39, 0.29) is 23.6 Å². The first-order valence-electron chi connectivity index (χ1n) is 10.2. The summed E-state index contributed by atoms with van der Waals surface area (Å²) in [6.07, 6.45) is 0. The summed E-state index contributed by atoms with van der Waals surface area (Å²) in [5.41, 5.74) is 2.45. The third-order valence-electron chi connectivity index (χ3n) is 4.90. The van der Waals surface area contributed by atoms with Gasteiger partial charge in [0, 0.05) is 20.8 Å². The van der Waals surface area contributed by atoms with Gasteiger partial charge >= 0.3 is 5.97 Å². The molecule has 0 aliphatic rings. The highest BCUT2D eigenvalue weighted by Gasteiger charge is 2.23. The molecule has 33 heavy (non-hydrogen) atoms. The van der Waals surface area contributed by atoms with Crippen molar-refractivity contribution in [1.29, 1.82) is 0 Å². The second-order valence-electron chi connectivity index (χ2n) is 7.45. The molecule has 9 heteroatoms. The summed E-state index contributed by atoms with van der Waals surface area (Å²) in [6.45, 7) is 5.69. The largest absolute Gasteiger partial charge is 0.461 e. The molecular formula is C24H20BrN3O4S. The van der Waals surface area contributed by atoms with Gasteiger partial charge in [-0.05, 0) is 57.2 Å². The van der Waals surface area contributed by atoms with Crippen molar-refractivity contribution in [2.24, 2.45) is 0 Å². The molecule has 2 heterocycles. The number of aromatic nitrogens is 2. The third-order valence-corrected chi connectivity index (χ3v) is 6.33. The Kier molecular flexibility index (Phi) is 6.44. The maximum atomic E-state index is 13.4. The van der Waals surface area contributed by atoms with E-state index in [2.05, 4.69) is 26.3 Å². The lowest BCUT2D eigenvalue weighted by molar-refractivity contribution is 0.0520. The smallest absolute Gasteiger partial charge is 0.359 e. The van der Waals surface area contributed by atoms with Gasteiger partial charge in [0.05, 0.1) is 17.7 Å². The van der Waals surface area contributed by atoms with Crippen LogP contribution in [-0.4, -0.2) is 28.3 Å². The SMILES string of the molecule is CCOC(=O)c1nn(-c2ccc(Br)cc2)c(=O)c2c(NC(=O)c3cc(C)cc(C)c3)scc12. The van der Waals surface area contributed by atoms with Crippen LogP contribution in [0.1, 0.15) is 38.9 Å². The van der Waals surface area contributed by atoms with Crippen molar-refractivity contribution in [3.63, 3.8) is 0 Å². The van der Waals surface area contributed by atoms with E-state index >= 15 is 0 Å². The van der Waals surface area contributed by atoms with Gasteiger partial charge in [0.15, 0.2) is 5.69 Å². The lowest BCUT2D eigenvalue weighted by atomic mass is 10.1. The first kappa shape index (κ1) is 22.9. The Morgan fingerprint density at radius 1 is 1.12 bits per heavy atom. The fourth-order valence-corrected chi connectivity index (χ4v) is 4.73. The zero-order chi connectivity index (χ0) is 23.7. The molecule has 0 fully saturated rings. The van der Waals surface area contributed by atoms with Crippen LogP contribution < -0.4 is 10.9 Å². The highest BCUT2D eigenvalue weighted by molar-refractivity contribution is 9.10. The Morgan fingerprint density at radius 3 is 2.42 bits per heavy atom. The number of carbonyl (C=O) groups excluding carboxylic acids is 2. The summed E-state index contributed by atoms with van der Waals surface area (Å²) < 4.78 is 7.15. The second kappa shape index (κ2) is 9.29. The van der Waals surface area contributed by atoms with Crippen molar-refractivity contribution < 1.29 is 14.3 Å². The zero-order valence-corrected chi connectivity index (χ0v) is 20.5. The maximum Gasteiger partial charge on any atom is 0.359 e. The van der Waals surface area contributed by atoms with Crippen LogP contribution in [0.2, 0.25) is 0 Å². The van der Waals surface area contributed by atoms with Crippen LogP contribution in [0.4, 0.5) is 5.00 Å². The van der Waals surface area contributed by atoms with Crippen LogP contribution in [0, 0.1) is 13.8 Å². The number of carbonyl (C=O) groups is 2. The van der Waals surface area contributed by atoms with E-state index in [4.69, 9.17) is 4.74 Å². The number of halogens is 1. The second-order valence-corrected chi connectivity index (χ2v) is 9.24. The average molecular weight is 526 g/mol. The zero-order valence-electron chi connectivity index (χ0n) is 18.1. The minimum atomic E-state index is -0.640. The van der Waals surface area contributed by atoms with Gasteiger partial charge in [0.2, 0.25) is 0 Å². The van der Waals surface area contributed by atoms with Crippen molar-refractivity contribution in [2.45, 2.75) is 20.8 Å². The monoisotopic (exact) mass is 525 g/mol. The van der Waals surface area contributed by atoms with E-state index in [0.29, 0.717) is 21.6 Å². The minimum Gasteiger partial charge on any atom is -0.461 e. The number of benzene rings is 2. The first-order chi connectivity index (χ1) is 15.8. The van der Waals surface area contributed by atoms with Gasteiger partial charge < -0.3 is 10.1 Å². The van der Waals surface area contributed by atoms with Gasteiger partial charge in [0.25, 0.3) is 11.5 Å². The van der Waals surface area contributed by atoms with Crippen LogP contribution >= 0.6 is 27.3 Å². The first-order valence-corrected chi connectivity index (χ1v) is 11.8.